The second kappa shape index (κ2) is 7.79. The highest BCUT2D eigenvalue weighted by Crippen LogP contribution is 2.21. The molecule has 2 saturated heterocycles. The Morgan fingerprint density at radius 3 is 2.72 bits per heavy atom. The van der Waals surface area contributed by atoms with Gasteiger partial charge in [-0.2, -0.15) is 0 Å². The van der Waals surface area contributed by atoms with E-state index in [4.69, 9.17) is 0 Å². The van der Waals surface area contributed by atoms with Crippen LogP contribution in [0.15, 0.2) is 24.3 Å². The van der Waals surface area contributed by atoms with Crippen molar-refractivity contribution >= 4 is 17.4 Å². The number of hydrogen-bond donors (Lipinski definition) is 2. The van der Waals surface area contributed by atoms with Gasteiger partial charge in [-0.25, -0.2) is 4.79 Å². The van der Waals surface area contributed by atoms with Crippen LogP contribution in [0.2, 0.25) is 0 Å². The topological polar surface area (TPSA) is 90.8 Å². The first-order valence-electron chi connectivity index (χ1n) is 8.76. The van der Waals surface area contributed by atoms with Crippen molar-refractivity contribution in [3.8, 4) is 0 Å². The average molecular weight is 347 g/mol. The molecule has 2 N–H and O–H groups in total. The maximum atomic E-state index is 12.2. The molecule has 0 spiro atoms. The van der Waals surface area contributed by atoms with Crippen LogP contribution in [-0.4, -0.2) is 66.1 Å². The number of non-ortho nitro benzene ring substituents is 1. The van der Waals surface area contributed by atoms with E-state index in [2.05, 4.69) is 27.5 Å². The largest absolute Gasteiger partial charge is 0.334 e. The lowest BCUT2D eigenvalue weighted by molar-refractivity contribution is -0.384. The van der Waals surface area contributed by atoms with Gasteiger partial charge in [0.15, 0.2) is 0 Å². The van der Waals surface area contributed by atoms with Crippen molar-refractivity contribution in [2.24, 2.45) is 0 Å². The normalized spacial score (nSPS) is 22.7. The summed E-state index contributed by atoms with van der Waals surface area (Å²) in [6, 6.07) is 6.40. The van der Waals surface area contributed by atoms with Gasteiger partial charge in [-0.3, -0.25) is 15.0 Å². The molecule has 8 heteroatoms. The number of anilines is 1. The first kappa shape index (κ1) is 17.6. The maximum Gasteiger partial charge on any atom is 0.319 e. The number of carbonyl (C=O) groups excluding carboxylic acids is 1. The summed E-state index contributed by atoms with van der Waals surface area (Å²) < 4.78 is 0. The number of rotatable bonds is 4. The van der Waals surface area contributed by atoms with Gasteiger partial charge in [0.2, 0.25) is 0 Å². The zero-order valence-electron chi connectivity index (χ0n) is 14.5. The van der Waals surface area contributed by atoms with Crippen LogP contribution in [0.5, 0.6) is 0 Å². The summed E-state index contributed by atoms with van der Waals surface area (Å²) in [5, 5.41) is 16.5. The molecule has 2 heterocycles. The lowest BCUT2D eigenvalue weighted by atomic mass is 10.0. The number of likely N-dealkylation sites (tertiary alicyclic amines) is 2. The maximum absolute atomic E-state index is 12.2. The van der Waals surface area contributed by atoms with Gasteiger partial charge in [-0.05, 0) is 45.5 Å². The van der Waals surface area contributed by atoms with Crippen LogP contribution in [-0.2, 0) is 0 Å². The summed E-state index contributed by atoms with van der Waals surface area (Å²) in [5.41, 5.74) is 0.393. The van der Waals surface area contributed by atoms with Crippen LogP contribution in [0.1, 0.15) is 19.3 Å². The Morgan fingerprint density at radius 1 is 1.24 bits per heavy atom. The number of benzene rings is 1. The molecule has 136 valence electrons. The molecule has 0 bridgehead atoms. The Balaban J connectivity index is 1.47. The van der Waals surface area contributed by atoms with Crippen LogP contribution in [0.25, 0.3) is 0 Å². The molecule has 2 aliphatic rings. The number of nitrogens with one attached hydrogen (secondary N) is 2. The highest BCUT2D eigenvalue weighted by molar-refractivity contribution is 5.89. The van der Waals surface area contributed by atoms with E-state index in [1.54, 1.807) is 12.1 Å². The molecular formula is C17H25N5O3. The summed E-state index contributed by atoms with van der Waals surface area (Å²) in [5.74, 6) is 0. The lowest BCUT2D eigenvalue weighted by Gasteiger charge is -2.35. The standard InChI is InChI=1S/C17H25N5O3/c1-20-8-6-15(7-9-20)21-10-5-14(12-21)19-17(23)18-13-3-2-4-16(11-13)22(24)25/h2-4,11,14-15H,5-10,12H2,1H3,(H2,18,19,23)/t14-/m0/s1. The molecule has 0 aromatic heterocycles. The first-order chi connectivity index (χ1) is 12.0. The number of nitro benzene ring substituents is 1. The summed E-state index contributed by atoms with van der Waals surface area (Å²) in [7, 11) is 2.16. The SMILES string of the molecule is CN1CCC(N2CC[C@H](NC(=O)Nc3cccc([N+](=O)[O-])c3)C2)CC1. The van der Waals surface area contributed by atoms with Crippen LogP contribution >= 0.6 is 0 Å². The third kappa shape index (κ3) is 4.67. The lowest BCUT2D eigenvalue weighted by Crippen LogP contribution is -2.45. The number of urea groups is 1. The smallest absolute Gasteiger partial charge is 0.319 e. The second-order valence-corrected chi connectivity index (χ2v) is 6.92. The second-order valence-electron chi connectivity index (χ2n) is 6.92. The van der Waals surface area contributed by atoms with Crippen molar-refractivity contribution in [3.63, 3.8) is 0 Å². The van der Waals surface area contributed by atoms with E-state index < -0.39 is 4.92 Å². The van der Waals surface area contributed by atoms with Gasteiger partial charge in [0, 0.05) is 43.0 Å². The average Bonchev–Trinajstić information content (AvgIpc) is 3.04. The van der Waals surface area contributed by atoms with Crippen molar-refractivity contribution in [1.29, 1.82) is 0 Å². The summed E-state index contributed by atoms with van der Waals surface area (Å²) in [4.78, 5) is 27.3. The number of nitrogens with zero attached hydrogens (tertiary/aromatic N) is 3. The van der Waals surface area contributed by atoms with Crippen LogP contribution in [0, 0.1) is 10.1 Å². The quantitative estimate of drug-likeness (QED) is 0.641. The van der Waals surface area contributed by atoms with Crippen molar-refractivity contribution in [2.75, 3.05) is 38.5 Å². The summed E-state index contributed by atoms with van der Waals surface area (Å²) in [6.45, 7) is 4.14. The Bertz CT molecular complexity index is 630. The fraction of sp³-hybridized carbons (Fsp3) is 0.588. The van der Waals surface area contributed by atoms with Gasteiger partial charge in [-0.1, -0.05) is 6.07 Å². The van der Waals surface area contributed by atoms with Crippen molar-refractivity contribution < 1.29 is 9.72 Å². The minimum Gasteiger partial charge on any atom is -0.334 e. The highest BCUT2D eigenvalue weighted by Gasteiger charge is 2.30. The fourth-order valence-corrected chi connectivity index (χ4v) is 3.65. The third-order valence-corrected chi connectivity index (χ3v) is 5.07. The molecule has 0 saturated carbocycles. The Morgan fingerprint density at radius 2 is 2.00 bits per heavy atom. The number of nitro groups is 1. The molecule has 0 unspecified atom stereocenters. The van der Waals surface area contributed by atoms with E-state index in [9.17, 15) is 14.9 Å². The number of hydrogen-bond acceptors (Lipinski definition) is 5. The summed E-state index contributed by atoms with van der Waals surface area (Å²) >= 11 is 0. The monoisotopic (exact) mass is 347 g/mol. The van der Waals surface area contributed by atoms with Gasteiger partial charge >= 0.3 is 6.03 Å². The number of carbonyl (C=O) groups is 1. The molecule has 2 fully saturated rings. The van der Waals surface area contributed by atoms with Crippen LogP contribution < -0.4 is 10.6 Å². The van der Waals surface area contributed by atoms with Crippen molar-refractivity contribution in [1.82, 2.24) is 15.1 Å². The molecule has 0 aliphatic carbocycles. The molecule has 8 nitrogen and oxygen atoms in total. The molecule has 1 aromatic carbocycles. The predicted molar refractivity (Wildman–Crippen MR) is 95.7 cm³/mol. The van der Waals surface area contributed by atoms with E-state index >= 15 is 0 Å². The molecule has 1 atom stereocenters. The third-order valence-electron chi connectivity index (χ3n) is 5.07. The van der Waals surface area contributed by atoms with Crippen LogP contribution in [0.3, 0.4) is 0 Å². The summed E-state index contributed by atoms with van der Waals surface area (Å²) in [6.07, 6.45) is 3.31. The fourth-order valence-electron chi connectivity index (χ4n) is 3.65. The molecular weight excluding hydrogens is 322 g/mol. The van der Waals surface area contributed by atoms with Gasteiger partial charge in [0.05, 0.1) is 4.92 Å². The minimum absolute atomic E-state index is 0.0351. The van der Waals surface area contributed by atoms with E-state index in [1.807, 2.05) is 0 Å². The first-order valence-corrected chi connectivity index (χ1v) is 8.76. The van der Waals surface area contributed by atoms with Crippen molar-refractivity contribution in [3.05, 3.63) is 34.4 Å². The molecule has 0 radical (unpaired) electrons. The Labute approximate surface area is 147 Å². The van der Waals surface area contributed by atoms with Crippen LogP contribution in [0.4, 0.5) is 16.2 Å². The van der Waals surface area contributed by atoms with E-state index in [1.165, 1.54) is 25.0 Å². The Hall–Kier alpha value is -2.19. The highest BCUT2D eigenvalue weighted by atomic mass is 16.6. The van der Waals surface area contributed by atoms with Gasteiger partial charge < -0.3 is 15.5 Å². The van der Waals surface area contributed by atoms with Gasteiger partial charge in [-0.15, -0.1) is 0 Å². The predicted octanol–water partition coefficient (Wildman–Crippen LogP) is 1.88. The van der Waals surface area contributed by atoms with E-state index in [0.29, 0.717) is 11.7 Å². The van der Waals surface area contributed by atoms with Gasteiger partial charge in [0.25, 0.3) is 5.69 Å². The molecule has 25 heavy (non-hydrogen) atoms. The molecule has 2 amide bonds. The zero-order valence-corrected chi connectivity index (χ0v) is 14.5. The molecule has 2 aliphatic heterocycles. The van der Waals surface area contributed by atoms with E-state index in [-0.39, 0.29) is 17.8 Å². The molecule has 1 aromatic rings. The minimum atomic E-state index is -0.473. The zero-order chi connectivity index (χ0) is 17.8. The number of amides is 2. The number of piperidine rings is 1. The van der Waals surface area contributed by atoms with Crippen molar-refractivity contribution in [2.45, 2.75) is 31.3 Å². The Kier molecular flexibility index (Phi) is 5.50. The van der Waals surface area contributed by atoms with Gasteiger partial charge in [0.1, 0.15) is 0 Å². The van der Waals surface area contributed by atoms with E-state index in [0.717, 1.165) is 32.6 Å². The molecule has 3 rings (SSSR count).